The van der Waals surface area contributed by atoms with Gasteiger partial charge in [0.25, 0.3) is 0 Å². The number of carbonyl (C=O) groups excluding carboxylic acids is 1. The molecule has 0 spiro atoms. The van der Waals surface area contributed by atoms with Gasteiger partial charge < -0.3 is 68.0 Å². The van der Waals surface area contributed by atoms with Gasteiger partial charge in [0.2, 0.25) is 0 Å². The topological polar surface area (TPSA) is 200 Å². The van der Waals surface area contributed by atoms with Gasteiger partial charge in [0, 0.05) is 70.6 Å². The van der Waals surface area contributed by atoms with Crippen LogP contribution in [0, 0.1) is 11.8 Å². The average molecular weight is 1050 g/mol. The van der Waals surface area contributed by atoms with Crippen molar-refractivity contribution in [2.24, 2.45) is 22.7 Å². The molecule has 17 nitrogen and oxygen atoms in total. The number of ether oxygens (including phenoxy) is 8. The molecule has 0 saturated carbocycles. The van der Waals surface area contributed by atoms with Gasteiger partial charge in [0.1, 0.15) is 24.5 Å². The van der Waals surface area contributed by atoms with E-state index in [0.29, 0.717) is 50.9 Å². The molecule has 4 aliphatic heterocycles. The maximum absolute atomic E-state index is 14.5. The van der Waals surface area contributed by atoms with Gasteiger partial charge in [-0.15, -0.1) is 0 Å². The third-order valence-corrected chi connectivity index (χ3v) is 15.1. The molecule has 1 aromatic rings. The smallest absolute Gasteiger partial charge is 0.459 e. The summed E-state index contributed by atoms with van der Waals surface area (Å²) in [5.74, 6) is 3.33. The number of carbonyl (C=O) groups is 1. The highest BCUT2D eigenvalue weighted by Gasteiger charge is 2.66. The van der Waals surface area contributed by atoms with Crippen molar-refractivity contribution in [3.8, 4) is 11.5 Å². The molecule has 0 radical (unpaired) electrons. The van der Waals surface area contributed by atoms with E-state index in [4.69, 9.17) is 34.3 Å². The number of esters is 1. The molecule has 1 aromatic carbocycles. The SMILES string of the molecule is C=N/C(=C\N(N)[C@H](CF)Cc1ccc2c(c1)OC(F)(F)C(F)(F)O2)CCN(C)[C@@H]1C[C@H](O[C@@H]2C[C@H](O[C@H]3C[C@@](C)(OC)C[C@H](C)O3)[C@@H](C)C(=O)O[C@H](CC)[C@@](C)(O)[C@H](O)[C@@H](C)N(C)C[C@H](C)C[C@H]2O)O[C@H](C)C1. The minimum absolute atomic E-state index is 0.0248. The molecule has 0 unspecified atom stereocenters. The average Bonchev–Trinajstić information content (AvgIpc) is 3.31. The Labute approximate surface area is 427 Å². The quantitative estimate of drug-likeness (QED) is 0.0470. The molecule has 5 N–H and O–H groups in total. The Morgan fingerprint density at radius 2 is 1.62 bits per heavy atom. The number of benzene rings is 1. The molecule has 4 aliphatic rings. The highest BCUT2D eigenvalue weighted by molar-refractivity contribution is 5.73. The first-order chi connectivity index (χ1) is 34.0. The van der Waals surface area contributed by atoms with E-state index in [1.54, 1.807) is 27.9 Å². The van der Waals surface area contributed by atoms with Crippen LogP contribution in [0.2, 0.25) is 0 Å². The summed E-state index contributed by atoms with van der Waals surface area (Å²) in [6.45, 7) is 18.1. The number of aliphatic imine (C=N–C) groups is 1. The molecule has 16 atom stereocenters. The van der Waals surface area contributed by atoms with Crippen molar-refractivity contribution in [1.29, 1.82) is 0 Å². The highest BCUT2D eigenvalue weighted by atomic mass is 19.3. The number of fused-ring (bicyclic) bond motifs is 1. The number of halogens is 5. The van der Waals surface area contributed by atoms with Crippen LogP contribution in [0.25, 0.3) is 0 Å². The second-order valence-electron chi connectivity index (χ2n) is 21.4. The van der Waals surface area contributed by atoms with Crippen molar-refractivity contribution in [3.63, 3.8) is 0 Å². The predicted molar refractivity (Wildman–Crippen MR) is 261 cm³/mol. The number of nitrogens with two attached hydrogens (primary N) is 1. The summed E-state index contributed by atoms with van der Waals surface area (Å²) in [6.07, 6.45) is -13.1. The number of likely N-dealkylation sites (N-methyl/N-ethyl adjacent to an activating group) is 1. The van der Waals surface area contributed by atoms with Crippen LogP contribution in [0.15, 0.2) is 35.1 Å². The largest absolute Gasteiger partial charge is 0.507 e. The van der Waals surface area contributed by atoms with E-state index in [-0.39, 0.29) is 55.4 Å². The molecule has 3 saturated heterocycles. The Kier molecular flexibility index (Phi) is 20.9. The van der Waals surface area contributed by atoms with E-state index in [1.165, 1.54) is 19.2 Å². The lowest BCUT2D eigenvalue weighted by atomic mass is 9.86. The molecule has 5 rings (SSSR count). The maximum atomic E-state index is 14.5. The van der Waals surface area contributed by atoms with Gasteiger partial charge in [-0.05, 0) is 112 Å². The first-order valence-electron chi connectivity index (χ1n) is 25.4. The molecule has 0 amide bonds. The number of hydrazine groups is 1. The Morgan fingerprint density at radius 1 is 0.973 bits per heavy atom. The van der Waals surface area contributed by atoms with Crippen molar-refractivity contribution in [2.75, 3.05) is 41.0 Å². The number of hydrogen-bond acceptors (Lipinski definition) is 17. The van der Waals surface area contributed by atoms with Crippen LogP contribution in [0.4, 0.5) is 22.0 Å². The number of alkyl halides is 5. The van der Waals surface area contributed by atoms with Gasteiger partial charge in [-0.25, -0.2) is 10.2 Å². The summed E-state index contributed by atoms with van der Waals surface area (Å²) in [5, 5.41) is 36.6. The van der Waals surface area contributed by atoms with Crippen molar-refractivity contribution in [2.45, 2.75) is 210 Å². The number of hydrogen-bond donors (Lipinski definition) is 4. The standard InChI is InChI=1S/C51H82F5N5O12/c1-13-43-49(8,65)46(63)33(6)60(11)27-29(2)18-38(62)41(23-40(32(5)47(64)71-43)69-45-25-48(7,66-12)24-31(4)68-45)70-44-22-36(19-30(3)67-44)59(10)17-16-35(58-9)28-61(57)37(26-52)20-34-14-15-39-42(21-34)73-51(55,56)50(53,54)72-39/h14-15,21,28-33,36-38,40-41,43-46,62-63,65H,9,13,16-20,22-27,57H2,1-8,10-12H3/b35-28-/t29-,30-,31+,32-,33-,36+,37+,38-,40+,41-,43-,44+,45+,46-,48+,49-/m1/s1. The number of aliphatic hydroxyl groups excluding tert-OH is 2. The molecule has 0 bridgehead atoms. The molecular formula is C51H82F5N5O12. The third kappa shape index (κ3) is 15.4. The van der Waals surface area contributed by atoms with E-state index in [1.807, 2.05) is 46.7 Å². The van der Waals surface area contributed by atoms with Crippen molar-refractivity contribution < 1.29 is 80.0 Å². The molecule has 73 heavy (non-hydrogen) atoms. The molecule has 0 aromatic heterocycles. The molecule has 418 valence electrons. The van der Waals surface area contributed by atoms with Crippen molar-refractivity contribution in [1.82, 2.24) is 14.8 Å². The second kappa shape index (κ2) is 25.2. The maximum Gasteiger partial charge on any atom is 0.507 e. The lowest BCUT2D eigenvalue weighted by Crippen LogP contribution is -2.59. The third-order valence-electron chi connectivity index (χ3n) is 15.1. The zero-order valence-corrected chi connectivity index (χ0v) is 44.4. The van der Waals surface area contributed by atoms with E-state index < -0.39 is 109 Å². The van der Waals surface area contributed by atoms with E-state index in [2.05, 4.69) is 26.1 Å². The first kappa shape index (κ1) is 60.6. The normalized spacial score (nSPS) is 37.4. The van der Waals surface area contributed by atoms with Crippen LogP contribution in [-0.2, 0) is 39.6 Å². The number of rotatable bonds is 16. The van der Waals surface area contributed by atoms with Gasteiger partial charge in [-0.2, -0.15) is 17.6 Å². The molecule has 22 heteroatoms. The number of cyclic esters (lactones) is 1. The number of methoxy groups -OCH3 is 1. The van der Waals surface area contributed by atoms with Crippen LogP contribution < -0.4 is 15.3 Å². The summed E-state index contributed by atoms with van der Waals surface area (Å²) in [6, 6.07) is 1.78. The van der Waals surface area contributed by atoms with E-state index >= 15 is 0 Å². The summed E-state index contributed by atoms with van der Waals surface area (Å²) >= 11 is 0. The van der Waals surface area contributed by atoms with Gasteiger partial charge in [0.15, 0.2) is 24.1 Å². The molecular weight excluding hydrogens is 970 g/mol. The fraction of sp³-hybridized carbons (Fsp3) is 0.804. The summed E-state index contributed by atoms with van der Waals surface area (Å²) in [4.78, 5) is 22.4. The lowest BCUT2D eigenvalue weighted by Gasteiger charge is -2.43. The van der Waals surface area contributed by atoms with Gasteiger partial charge in [0.05, 0.1) is 53.8 Å². The Hall–Kier alpha value is -3.29. The first-order valence-corrected chi connectivity index (χ1v) is 25.4. The Balaban J connectivity index is 1.33. The summed E-state index contributed by atoms with van der Waals surface area (Å²) in [7, 11) is 5.39. The molecule has 4 heterocycles. The van der Waals surface area contributed by atoms with Crippen LogP contribution in [-0.4, -0.2) is 181 Å². The molecule has 3 fully saturated rings. The number of aliphatic hydroxyl groups is 3. The van der Waals surface area contributed by atoms with Crippen molar-refractivity contribution >= 4 is 12.7 Å². The molecule has 0 aliphatic carbocycles. The van der Waals surface area contributed by atoms with Crippen LogP contribution in [0.1, 0.15) is 112 Å². The van der Waals surface area contributed by atoms with Crippen LogP contribution in [0.3, 0.4) is 0 Å². The van der Waals surface area contributed by atoms with Crippen LogP contribution >= 0.6 is 0 Å². The van der Waals surface area contributed by atoms with Crippen LogP contribution in [0.5, 0.6) is 11.5 Å². The fourth-order valence-electron chi connectivity index (χ4n) is 10.4. The number of nitrogens with zero attached hydrogens (tertiary/aromatic N) is 4. The van der Waals surface area contributed by atoms with Gasteiger partial charge >= 0.3 is 18.2 Å². The zero-order chi connectivity index (χ0) is 54.4. The summed E-state index contributed by atoms with van der Waals surface area (Å²) < 4.78 is 116. The minimum atomic E-state index is -4.91. The Bertz CT molecular complexity index is 2000. The summed E-state index contributed by atoms with van der Waals surface area (Å²) in [5.41, 5.74) is -1.70. The zero-order valence-electron chi connectivity index (χ0n) is 44.4. The Morgan fingerprint density at radius 3 is 2.25 bits per heavy atom. The predicted octanol–water partition coefficient (Wildman–Crippen LogP) is 6.34. The van der Waals surface area contributed by atoms with Gasteiger partial charge in [-0.3, -0.25) is 9.79 Å². The van der Waals surface area contributed by atoms with E-state index in [9.17, 15) is 42.1 Å². The fourth-order valence-corrected chi connectivity index (χ4v) is 10.4. The second-order valence-corrected chi connectivity index (χ2v) is 21.4. The monoisotopic (exact) mass is 1050 g/mol. The lowest BCUT2D eigenvalue weighted by molar-refractivity contribution is -0.391. The van der Waals surface area contributed by atoms with Gasteiger partial charge in [-0.1, -0.05) is 19.9 Å². The highest BCUT2D eigenvalue weighted by Crippen LogP contribution is 2.47. The van der Waals surface area contributed by atoms with Crippen molar-refractivity contribution in [3.05, 3.63) is 35.7 Å². The minimum Gasteiger partial charge on any atom is -0.459 e. The van der Waals surface area contributed by atoms with E-state index in [0.717, 1.165) is 17.1 Å².